The molecule has 1 aliphatic heterocycles. The Kier molecular flexibility index (Phi) is 3.58. The number of primary amides is 1. The van der Waals surface area contributed by atoms with Crippen molar-refractivity contribution >= 4 is 22.8 Å². The van der Waals surface area contributed by atoms with Crippen LogP contribution in [0.4, 0.5) is 0 Å². The Morgan fingerprint density at radius 2 is 2.18 bits per heavy atom. The SMILES string of the molecule is C[C@@]1(C(N)=O)CN(C(=O)Cn2cnc3ccccc32)CCO1. The third-order valence-corrected chi connectivity index (χ3v) is 3.98. The molecule has 0 bridgehead atoms. The third-order valence-electron chi connectivity index (χ3n) is 3.98. The summed E-state index contributed by atoms with van der Waals surface area (Å²) in [5, 5.41) is 0. The van der Waals surface area contributed by atoms with Gasteiger partial charge in [0.1, 0.15) is 6.54 Å². The third kappa shape index (κ3) is 2.55. The topological polar surface area (TPSA) is 90.5 Å². The summed E-state index contributed by atoms with van der Waals surface area (Å²) in [6.45, 7) is 2.72. The molecule has 2 heterocycles. The highest BCUT2D eigenvalue weighted by molar-refractivity contribution is 5.85. The summed E-state index contributed by atoms with van der Waals surface area (Å²) in [5.74, 6) is -0.642. The molecule has 1 aliphatic rings. The fourth-order valence-electron chi connectivity index (χ4n) is 2.61. The second kappa shape index (κ2) is 5.42. The van der Waals surface area contributed by atoms with Crippen LogP contribution in [0.2, 0.25) is 0 Å². The van der Waals surface area contributed by atoms with Gasteiger partial charge in [-0.15, -0.1) is 0 Å². The van der Waals surface area contributed by atoms with Crippen molar-refractivity contribution in [2.75, 3.05) is 19.7 Å². The normalized spacial score (nSPS) is 22.0. The molecule has 1 aromatic heterocycles. The number of morpholine rings is 1. The van der Waals surface area contributed by atoms with Gasteiger partial charge in [-0.05, 0) is 19.1 Å². The molecule has 3 rings (SSSR count). The van der Waals surface area contributed by atoms with Gasteiger partial charge in [0.15, 0.2) is 5.60 Å². The molecule has 116 valence electrons. The van der Waals surface area contributed by atoms with Gasteiger partial charge in [-0.25, -0.2) is 4.98 Å². The molecule has 2 N–H and O–H groups in total. The number of carbonyl (C=O) groups excluding carboxylic acids is 2. The summed E-state index contributed by atoms with van der Waals surface area (Å²) < 4.78 is 7.23. The van der Waals surface area contributed by atoms with Crippen molar-refractivity contribution in [2.45, 2.75) is 19.1 Å². The van der Waals surface area contributed by atoms with E-state index in [9.17, 15) is 9.59 Å². The number of carbonyl (C=O) groups is 2. The molecule has 0 unspecified atom stereocenters. The number of benzene rings is 1. The summed E-state index contributed by atoms with van der Waals surface area (Å²) in [4.78, 5) is 29.9. The van der Waals surface area contributed by atoms with Gasteiger partial charge < -0.3 is 19.9 Å². The van der Waals surface area contributed by atoms with E-state index in [-0.39, 0.29) is 19.0 Å². The van der Waals surface area contributed by atoms with E-state index in [1.165, 1.54) is 0 Å². The van der Waals surface area contributed by atoms with Crippen LogP contribution in [-0.4, -0.2) is 51.6 Å². The lowest BCUT2D eigenvalue weighted by molar-refractivity contribution is -0.160. The zero-order valence-electron chi connectivity index (χ0n) is 12.4. The molecule has 1 saturated heterocycles. The van der Waals surface area contributed by atoms with Crippen molar-refractivity contribution < 1.29 is 14.3 Å². The maximum atomic E-state index is 12.5. The van der Waals surface area contributed by atoms with Crippen molar-refractivity contribution in [2.24, 2.45) is 5.73 Å². The average molecular weight is 302 g/mol. The molecule has 0 aliphatic carbocycles. The van der Waals surface area contributed by atoms with E-state index >= 15 is 0 Å². The quantitative estimate of drug-likeness (QED) is 0.873. The Bertz CT molecular complexity index is 726. The number of ether oxygens (including phenoxy) is 1. The predicted molar refractivity (Wildman–Crippen MR) is 79.9 cm³/mol. The van der Waals surface area contributed by atoms with Crippen LogP contribution in [-0.2, 0) is 20.9 Å². The van der Waals surface area contributed by atoms with Gasteiger partial charge >= 0.3 is 0 Å². The zero-order chi connectivity index (χ0) is 15.7. The van der Waals surface area contributed by atoms with Crippen LogP contribution in [0.1, 0.15) is 6.92 Å². The Hall–Kier alpha value is -2.41. The number of nitrogens with two attached hydrogens (primary N) is 1. The van der Waals surface area contributed by atoms with E-state index in [1.54, 1.807) is 22.7 Å². The first-order chi connectivity index (χ1) is 10.5. The molecule has 22 heavy (non-hydrogen) atoms. The van der Waals surface area contributed by atoms with Crippen LogP contribution in [0, 0.1) is 0 Å². The Labute approximate surface area is 127 Å². The summed E-state index contributed by atoms with van der Waals surface area (Å²) in [6.07, 6.45) is 1.65. The highest BCUT2D eigenvalue weighted by Gasteiger charge is 2.39. The van der Waals surface area contributed by atoms with Crippen LogP contribution in [0.15, 0.2) is 30.6 Å². The van der Waals surface area contributed by atoms with Crippen LogP contribution < -0.4 is 5.73 Å². The van der Waals surface area contributed by atoms with E-state index in [4.69, 9.17) is 10.5 Å². The number of aromatic nitrogens is 2. The fourth-order valence-corrected chi connectivity index (χ4v) is 2.61. The van der Waals surface area contributed by atoms with Crippen molar-refractivity contribution in [3.05, 3.63) is 30.6 Å². The zero-order valence-corrected chi connectivity index (χ0v) is 12.4. The Morgan fingerprint density at radius 1 is 1.41 bits per heavy atom. The molecular formula is C15H18N4O3. The van der Waals surface area contributed by atoms with Crippen molar-refractivity contribution in [1.82, 2.24) is 14.5 Å². The van der Waals surface area contributed by atoms with Crippen LogP contribution in [0.25, 0.3) is 11.0 Å². The van der Waals surface area contributed by atoms with Crippen molar-refractivity contribution in [3.63, 3.8) is 0 Å². The van der Waals surface area contributed by atoms with Crippen LogP contribution in [0.5, 0.6) is 0 Å². The summed E-state index contributed by atoms with van der Waals surface area (Å²) in [5.41, 5.74) is 5.99. The number of imidazole rings is 1. The summed E-state index contributed by atoms with van der Waals surface area (Å²) >= 11 is 0. The number of hydrogen-bond acceptors (Lipinski definition) is 4. The van der Waals surface area contributed by atoms with Gasteiger partial charge in [0.05, 0.1) is 30.5 Å². The molecule has 2 amide bonds. The minimum atomic E-state index is -1.12. The smallest absolute Gasteiger partial charge is 0.251 e. The molecule has 7 heteroatoms. The van der Waals surface area contributed by atoms with Crippen molar-refractivity contribution in [3.8, 4) is 0 Å². The van der Waals surface area contributed by atoms with E-state index < -0.39 is 11.5 Å². The largest absolute Gasteiger partial charge is 0.367 e. The number of nitrogens with zero attached hydrogens (tertiary/aromatic N) is 3. The monoisotopic (exact) mass is 302 g/mol. The first kappa shape index (κ1) is 14.5. The molecule has 0 spiro atoms. The van der Waals surface area contributed by atoms with Crippen LogP contribution >= 0.6 is 0 Å². The molecule has 0 radical (unpaired) electrons. The fraction of sp³-hybridized carbons (Fsp3) is 0.400. The minimum absolute atomic E-state index is 0.0843. The van der Waals surface area contributed by atoms with Gasteiger partial charge in [-0.3, -0.25) is 9.59 Å². The minimum Gasteiger partial charge on any atom is -0.367 e. The van der Waals surface area contributed by atoms with Gasteiger partial charge in [-0.1, -0.05) is 12.1 Å². The number of para-hydroxylation sites is 2. The van der Waals surface area contributed by atoms with E-state index in [1.807, 2.05) is 24.3 Å². The standard InChI is InChI=1S/C15H18N4O3/c1-15(14(16)21)9-18(6-7-22-15)13(20)8-19-10-17-11-4-2-3-5-12(11)19/h2-5,10H,6-9H2,1H3,(H2,16,21)/t15-/m0/s1. The number of fused-ring (bicyclic) bond motifs is 1. The highest BCUT2D eigenvalue weighted by Crippen LogP contribution is 2.18. The Balaban J connectivity index is 1.76. The lowest BCUT2D eigenvalue weighted by Gasteiger charge is -2.38. The van der Waals surface area contributed by atoms with Crippen molar-refractivity contribution in [1.29, 1.82) is 0 Å². The molecule has 1 atom stereocenters. The highest BCUT2D eigenvalue weighted by atomic mass is 16.5. The molecule has 1 aromatic carbocycles. The number of hydrogen-bond donors (Lipinski definition) is 1. The van der Waals surface area contributed by atoms with Gasteiger partial charge in [0.25, 0.3) is 5.91 Å². The Morgan fingerprint density at radius 3 is 2.95 bits per heavy atom. The van der Waals surface area contributed by atoms with Gasteiger partial charge in [0.2, 0.25) is 5.91 Å². The molecular weight excluding hydrogens is 284 g/mol. The van der Waals surface area contributed by atoms with E-state index in [0.717, 1.165) is 11.0 Å². The van der Waals surface area contributed by atoms with Gasteiger partial charge in [0, 0.05) is 6.54 Å². The molecule has 0 saturated carbocycles. The van der Waals surface area contributed by atoms with E-state index in [2.05, 4.69) is 4.98 Å². The lowest BCUT2D eigenvalue weighted by atomic mass is 10.0. The van der Waals surface area contributed by atoms with E-state index in [0.29, 0.717) is 13.2 Å². The maximum absolute atomic E-state index is 12.5. The second-order valence-electron chi connectivity index (χ2n) is 5.62. The maximum Gasteiger partial charge on any atom is 0.251 e. The van der Waals surface area contributed by atoms with Gasteiger partial charge in [-0.2, -0.15) is 0 Å². The summed E-state index contributed by atoms with van der Waals surface area (Å²) in [6, 6.07) is 7.63. The number of rotatable bonds is 3. The first-order valence-electron chi connectivity index (χ1n) is 7.11. The van der Waals surface area contributed by atoms with Crippen LogP contribution in [0.3, 0.4) is 0 Å². The second-order valence-corrected chi connectivity index (χ2v) is 5.62. The first-order valence-corrected chi connectivity index (χ1v) is 7.11. The lowest BCUT2D eigenvalue weighted by Crippen LogP contribution is -2.58. The molecule has 2 aromatic rings. The average Bonchev–Trinajstić information content (AvgIpc) is 2.90. The number of amides is 2. The molecule has 1 fully saturated rings. The predicted octanol–water partition coefficient (Wildman–Crippen LogP) is 0.139. The molecule has 7 nitrogen and oxygen atoms in total. The summed E-state index contributed by atoms with van der Waals surface area (Å²) in [7, 11) is 0.